The van der Waals surface area contributed by atoms with Crippen molar-refractivity contribution < 1.29 is 9.47 Å². The molecule has 0 atom stereocenters. The summed E-state index contributed by atoms with van der Waals surface area (Å²) in [5.74, 6) is 4.08. The molecule has 0 N–H and O–H groups in total. The molecular formula is C69H62BN3O2. The van der Waals surface area contributed by atoms with Gasteiger partial charge in [-0.15, -0.1) is 0 Å². The maximum absolute atomic E-state index is 7.41. The van der Waals surface area contributed by atoms with Crippen LogP contribution < -0.4 is 40.6 Å². The molecule has 0 unspecified atom stereocenters. The molecule has 0 saturated heterocycles. The van der Waals surface area contributed by atoms with Gasteiger partial charge in [-0.2, -0.15) is 0 Å². The molecule has 0 bridgehead atoms. The molecule has 0 saturated carbocycles. The fourth-order valence-corrected chi connectivity index (χ4v) is 10.7. The second-order valence-corrected chi connectivity index (χ2v) is 20.3. The van der Waals surface area contributed by atoms with Gasteiger partial charge in [0.2, 0.25) is 0 Å². The average molecular weight is 976 g/mol. The maximum atomic E-state index is 7.41. The zero-order chi connectivity index (χ0) is 51.4. The van der Waals surface area contributed by atoms with Crippen molar-refractivity contribution in [1.29, 1.82) is 0 Å². The Balaban J connectivity index is 1.13. The van der Waals surface area contributed by atoms with Crippen LogP contribution in [-0.2, 0) is 0 Å². The molecule has 0 aromatic heterocycles. The van der Waals surface area contributed by atoms with Crippen LogP contribution in [0.5, 0.6) is 23.0 Å². The molecule has 1 aliphatic rings. The summed E-state index contributed by atoms with van der Waals surface area (Å²) in [7, 11) is 0. The first kappa shape index (κ1) is 48.5. The van der Waals surface area contributed by atoms with E-state index in [9.17, 15) is 0 Å². The SMILES string of the molecule is CC(C)c1cc(C(C)C)c(B2c3ccc(N(c4ccccc4)c4ccccc4)cc3Oc3cc(N(c4ccccc4)c4cc(Oc5ccccc5)cc(N(c5ccccc5)c5ccccc5)c4)ccc32)c(C(C)C)c1. The summed E-state index contributed by atoms with van der Waals surface area (Å²) in [6.07, 6.45) is 0. The van der Waals surface area contributed by atoms with E-state index in [-0.39, 0.29) is 18.5 Å². The summed E-state index contributed by atoms with van der Waals surface area (Å²) in [6, 6.07) is 88.1. The Hall–Kier alpha value is -8.74. The van der Waals surface area contributed by atoms with Gasteiger partial charge >= 0.3 is 0 Å². The number of fused-ring (bicyclic) bond motifs is 2. The zero-order valence-electron chi connectivity index (χ0n) is 43.6. The largest absolute Gasteiger partial charge is 0.458 e. The van der Waals surface area contributed by atoms with Crippen molar-refractivity contribution in [3.8, 4) is 23.0 Å². The molecule has 1 aliphatic heterocycles. The lowest BCUT2D eigenvalue weighted by Crippen LogP contribution is -2.57. The molecule has 6 heteroatoms. The fraction of sp³-hybridized carbons (Fsp3) is 0.130. The number of ether oxygens (including phenoxy) is 2. The minimum Gasteiger partial charge on any atom is -0.458 e. The van der Waals surface area contributed by atoms with Gasteiger partial charge in [0.15, 0.2) is 0 Å². The van der Waals surface area contributed by atoms with Crippen molar-refractivity contribution in [2.75, 3.05) is 14.7 Å². The van der Waals surface area contributed by atoms with Crippen LogP contribution >= 0.6 is 0 Å². The van der Waals surface area contributed by atoms with Crippen molar-refractivity contribution in [2.24, 2.45) is 0 Å². The third kappa shape index (κ3) is 10.0. The highest BCUT2D eigenvalue weighted by molar-refractivity contribution is 6.97. The minimum atomic E-state index is -0.102. The molecule has 11 rings (SSSR count). The second kappa shape index (κ2) is 21.4. The van der Waals surface area contributed by atoms with E-state index >= 15 is 0 Å². The zero-order valence-corrected chi connectivity index (χ0v) is 43.6. The van der Waals surface area contributed by atoms with E-state index in [0.717, 1.165) is 79.4 Å². The van der Waals surface area contributed by atoms with Crippen LogP contribution in [-0.4, -0.2) is 6.71 Å². The maximum Gasteiger partial charge on any atom is 0.251 e. The number of hydrogen-bond acceptors (Lipinski definition) is 5. The second-order valence-electron chi connectivity index (χ2n) is 20.3. The van der Waals surface area contributed by atoms with Gasteiger partial charge in [-0.05, 0) is 136 Å². The molecule has 368 valence electrons. The van der Waals surface area contributed by atoms with E-state index in [1.54, 1.807) is 0 Å². The number of rotatable bonds is 15. The van der Waals surface area contributed by atoms with Crippen molar-refractivity contribution in [2.45, 2.75) is 59.3 Å². The number of nitrogens with zero attached hydrogens (tertiary/aromatic N) is 3. The van der Waals surface area contributed by atoms with Crippen LogP contribution in [0.1, 0.15) is 76.0 Å². The summed E-state index contributed by atoms with van der Waals surface area (Å²) in [5, 5.41) is 0. The van der Waals surface area contributed by atoms with Gasteiger partial charge in [0.1, 0.15) is 23.0 Å². The Morgan fingerprint density at radius 2 is 0.667 bits per heavy atom. The number of para-hydroxylation sites is 6. The summed E-state index contributed by atoms with van der Waals surface area (Å²) < 4.78 is 14.2. The van der Waals surface area contributed by atoms with E-state index in [1.165, 1.54) is 22.2 Å². The topological polar surface area (TPSA) is 28.2 Å². The molecule has 1 heterocycles. The smallest absolute Gasteiger partial charge is 0.251 e. The van der Waals surface area contributed by atoms with Gasteiger partial charge in [0.05, 0.1) is 11.4 Å². The molecular weight excluding hydrogens is 914 g/mol. The van der Waals surface area contributed by atoms with E-state index in [4.69, 9.17) is 9.47 Å². The molecule has 0 radical (unpaired) electrons. The van der Waals surface area contributed by atoms with Gasteiger partial charge < -0.3 is 24.2 Å². The van der Waals surface area contributed by atoms with Gasteiger partial charge in [-0.1, -0.05) is 180 Å². The van der Waals surface area contributed by atoms with Crippen molar-refractivity contribution >= 4 is 74.3 Å². The first-order chi connectivity index (χ1) is 36.7. The Morgan fingerprint density at radius 3 is 1.03 bits per heavy atom. The predicted octanol–water partition coefficient (Wildman–Crippen LogP) is 17.9. The first-order valence-electron chi connectivity index (χ1n) is 26.4. The first-order valence-corrected chi connectivity index (χ1v) is 26.4. The molecule has 0 amide bonds. The molecule has 5 nitrogen and oxygen atoms in total. The number of hydrogen-bond donors (Lipinski definition) is 0. The standard InChI is InChI=1S/C69H62BN3O2/c1-48(2)51-41-63(49(3)4)69(64(42-51)50(5)6)70-65-39-37-57(71(52-25-13-7-14-26-52)53-27-15-8-16-28-53)46-67(65)75-68-47-58(38-40-66(68)70)73(56-33-21-11-22-34-56)60-43-59(44-62(45-60)74-61-35-23-12-24-36-61)72(54-29-17-9-18-30-54)55-31-19-10-20-32-55/h7-50H,1-6H3. The number of anilines is 9. The van der Waals surface area contributed by atoms with Crippen molar-refractivity contribution in [3.05, 3.63) is 265 Å². The number of benzene rings is 10. The summed E-state index contributed by atoms with van der Waals surface area (Å²) >= 11 is 0. The molecule has 75 heavy (non-hydrogen) atoms. The van der Waals surface area contributed by atoms with Gasteiger partial charge in [-0.3, -0.25) is 0 Å². The third-order valence-corrected chi connectivity index (χ3v) is 14.3. The normalized spacial score (nSPS) is 11.8. The molecule has 0 fully saturated rings. The van der Waals surface area contributed by atoms with E-state index in [1.807, 2.05) is 30.3 Å². The van der Waals surface area contributed by atoms with Gasteiger partial charge in [-0.25, -0.2) is 0 Å². The Kier molecular flexibility index (Phi) is 13.8. The van der Waals surface area contributed by atoms with Crippen molar-refractivity contribution in [1.82, 2.24) is 0 Å². The molecule has 10 aromatic carbocycles. The quantitative estimate of drug-likeness (QED) is 0.0955. The Morgan fingerprint density at radius 1 is 0.320 bits per heavy atom. The van der Waals surface area contributed by atoms with E-state index in [0.29, 0.717) is 11.7 Å². The van der Waals surface area contributed by atoms with Crippen LogP contribution in [0.25, 0.3) is 0 Å². The van der Waals surface area contributed by atoms with Crippen molar-refractivity contribution in [3.63, 3.8) is 0 Å². The third-order valence-electron chi connectivity index (χ3n) is 14.3. The summed E-state index contributed by atoms with van der Waals surface area (Å²) in [5.41, 5.74) is 16.8. The fourth-order valence-electron chi connectivity index (χ4n) is 10.7. The predicted molar refractivity (Wildman–Crippen MR) is 317 cm³/mol. The lowest BCUT2D eigenvalue weighted by atomic mass is 9.34. The van der Waals surface area contributed by atoms with Gasteiger partial charge in [0, 0.05) is 64.1 Å². The van der Waals surface area contributed by atoms with Gasteiger partial charge in [0.25, 0.3) is 6.71 Å². The van der Waals surface area contributed by atoms with Crippen LogP contribution in [0.3, 0.4) is 0 Å². The summed E-state index contributed by atoms with van der Waals surface area (Å²) in [4.78, 5) is 6.93. The Labute approximate surface area is 444 Å². The lowest BCUT2D eigenvalue weighted by Gasteiger charge is -2.34. The molecule has 10 aromatic rings. The minimum absolute atomic E-state index is 0.102. The highest BCUT2D eigenvalue weighted by atomic mass is 16.5. The van der Waals surface area contributed by atoms with Crippen LogP contribution in [0.4, 0.5) is 51.2 Å². The lowest BCUT2D eigenvalue weighted by molar-refractivity contribution is 0.483. The van der Waals surface area contributed by atoms with E-state index < -0.39 is 0 Å². The molecule has 0 spiro atoms. The highest BCUT2D eigenvalue weighted by Gasteiger charge is 2.38. The van der Waals surface area contributed by atoms with Crippen LogP contribution in [0.15, 0.2) is 249 Å². The highest BCUT2D eigenvalue weighted by Crippen LogP contribution is 2.45. The molecule has 0 aliphatic carbocycles. The van der Waals surface area contributed by atoms with Crippen LogP contribution in [0.2, 0.25) is 0 Å². The summed E-state index contributed by atoms with van der Waals surface area (Å²) in [6.45, 7) is 13.9. The van der Waals surface area contributed by atoms with E-state index in [2.05, 4.69) is 275 Å². The van der Waals surface area contributed by atoms with Crippen LogP contribution in [0, 0.1) is 0 Å². The Bertz CT molecular complexity index is 3430. The average Bonchev–Trinajstić information content (AvgIpc) is 3.44. The monoisotopic (exact) mass is 975 g/mol.